The fourth-order valence-corrected chi connectivity index (χ4v) is 2.16. The average Bonchev–Trinajstić information content (AvgIpc) is 2.69. The molecule has 3 heteroatoms. The van der Waals surface area contributed by atoms with Crippen LogP contribution in [0.4, 0.5) is 5.69 Å². The third-order valence-corrected chi connectivity index (χ3v) is 3.57. The second kappa shape index (κ2) is 4.40. The maximum Gasteiger partial charge on any atom is 0.309 e. The van der Waals surface area contributed by atoms with Gasteiger partial charge in [0.1, 0.15) is 0 Å². The summed E-state index contributed by atoms with van der Waals surface area (Å²) < 4.78 is 0. The van der Waals surface area contributed by atoms with E-state index in [1.54, 1.807) is 13.8 Å². The van der Waals surface area contributed by atoms with Crippen LogP contribution in [0.5, 0.6) is 0 Å². The first-order chi connectivity index (χ1) is 8.00. The van der Waals surface area contributed by atoms with Crippen molar-refractivity contribution in [3.05, 3.63) is 29.8 Å². The lowest BCUT2D eigenvalue weighted by atomic mass is 9.89. The van der Waals surface area contributed by atoms with Crippen LogP contribution in [0, 0.1) is 5.41 Å². The van der Waals surface area contributed by atoms with Crippen molar-refractivity contribution in [2.45, 2.75) is 26.7 Å². The molecule has 0 atom stereocenters. The summed E-state index contributed by atoms with van der Waals surface area (Å²) in [6, 6.07) is 8.37. The normalized spacial score (nSPS) is 14.8. The van der Waals surface area contributed by atoms with Crippen LogP contribution < -0.4 is 4.90 Å². The second-order valence-corrected chi connectivity index (χ2v) is 5.30. The third-order valence-electron chi connectivity index (χ3n) is 3.57. The highest BCUT2D eigenvalue weighted by atomic mass is 16.4. The summed E-state index contributed by atoms with van der Waals surface area (Å²) in [5.74, 6) is -0.718. The van der Waals surface area contributed by atoms with Crippen LogP contribution in [0.3, 0.4) is 0 Å². The van der Waals surface area contributed by atoms with E-state index >= 15 is 0 Å². The number of hydrogen-bond acceptors (Lipinski definition) is 2. The van der Waals surface area contributed by atoms with Gasteiger partial charge in [0, 0.05) is 18.8 Å². The Kier molecular flexibility index (Phi) is 3.09. The number of carboxylic acid groups (broad SMARTS) is 1. The van der Waals surface area contributed by atoms with E-state index in [1.165, 1.54) is 11.3 Å². The molecule has 0 saturated carbocycles. The Balaban J connectivity index is 2.01. The second-order valence-electron chi connectivity index (χ2n) is 5.30. The van der Waals surface area contributed by atoms with Gasteiger partial charge in [-0.05, 0) is 38.3 Å². The lowest BCUT2D eigenvalue weighted by molar-refractivity contribution is -0.147. The molecule has 1 N–H and O–H groups in total. The smallest absolute Gasteiger partial charge is 0.309 e. The zero-order valence-electron chi connectivity index (χ0n) is 10.4. The predicted octanol–water partition coefficient (Wildman–Crippen LogP) is 2.55. The van der Waals surface area contributed by atoms with Gasteiger partial charge in [-0.3, -0.25) is 4.79 Å². The SMILES string of the molecule is CC(C)(CCN1CCc2ccccc21)C(=O)O. The van der Waals surface area contributed by atoms with Crippen molar-refractivity contribution < 1.29 is 9.90 Å². The van der Waals surface area contributed by atoms with Gasteiger partial charge in [0.05, 0.1) is 5.41 Å². The monoisotopic (exact) mass is 233 g/mol. The molecule has 0 bridgehead atoms. The van der Waals surface area contributed by atoms with E-state index in [-0.39, 0.29) is 0 Å². The number of benzene rings is 1. The first-order valence-corrected chi connectivity index (χ1v) is 6.07. The molecule has 0 spiro atoms. The van der Waals surface area contributed by atoms with Gasteiger partial charge in [-0.2, -0.15) is 0 Å². The van der Waals surface area contributed by atoms with Gasteiger partial charge in [0.15, 0.2) is 0 Å². The van der Waals surface area contributed by atoms with Crippen LogP contribution in [-0.4, -0.2) is 24.2 Å². The minimum absolute atomic E-state index is 0.641. The number of nitrogens with zero attached hydrogens (tertiary/aromatic N) is 1. The molecule has 1 aliphatic heterocycles. The molecule has 0 unspecified atom stereocenters. The molecule has 0 aromatic heterocycles. The van der Waals surface area contributed by atoms with Crippen molar-refractivity contribution in [1.82, 2.24) is 0 Å². The average molecular weight is 233 g/mol. The fraction of sp³-hybridized carbons (Fsp3) is 0.500. The maximum atomic E-state index is 11.1. The van der Waals surface area contributed by atoms with E-state index in [0.29, 0.717) is 6.42 Å². The summed E-state index contributed by atoms with van der Waals surface area (Å²) in [5.41, 5.74) is 2.01. The van der Waals surface area contributed by atoms with Crippen molar-refractivity contribution in [1.29, 1.82) is 0 Å². The van der Waals surface area contributed by atoms with Gasteiger partial charge in [0.2, 0.25) is 0 Å². The molecule has 2 rings (SSSR count). The van der Waals surface area contributed by atoms with Crippen LogP contribution in [0.2, 0.25) is 0 Å². The van der Waals surface area contributed by atoms with Crippen molar-refractivity contribution in [3.8, 4) is 0 Å². The van der Waals surface area contributed by atoms with E-state index in [1.807, 2.05) is 6.07 Å². The number of para-hydroxylation sites is 1. The minimum atomic E-state index is -0.718. The van der Waals surface area contributed by atoms with Crippen molar-refractivity contribution in [2.24, 2.45) is 5.41 Å². The Morgan fingerprint density at radius 3 is 2.82 bits per heavy atom. The summed E-state index contributed by atoms with van der Waals surface area (Å²) in [6.07, 6.45) is 1.75. The summed E-state index contributed by atoms with van der Waals surface area (Å²) >= 11 is 0. The lowest BCUT2D eigenvalue weighted by Crippen LogP contribution is -2.31. The standard InChI is InChI=1S/C14H19NO2/c1-14(2,13(16)17)8-10-15-9-7-11-5-3-4-6-12(11)15/h3-6H,7-10H2,1-2H3,(H,16,17). The summed E-state index contributed by atoms with van der Waals surface area (Å²) in [4.78, 5) is 13.3. The molecule has 17 heavy (non-hydrogen) atoms. The fourth-order valence-electron chi connectivity index (χ4n) is 2.16. The van der Waals surface area contributed by atoms with Gasteiger partial charge in [-0.1, -0.05) is 18.2 Å². The molecule has 1 heterocycles. The highest BCUT2D eigenvalue weighted by Crippen LogP contribution is 2.29. The van der Waals surface area contributed by atoms with Gasteiger partial charge < -0.3 is 10.0 Å². The Morgan fingerprint density at radius 2 is 2.12 bits per heavy atom. The summed E-state index contributed by atoms with van der Waals surface area (Å²) in [7, 11) is 0. The molecule has 0 amide bonds. The maximum absolute atomic E-state index is 11.1. The van der Waals surface area contributed by atoms with Crippen LogP contribution in [0.15, 0.2) is 24.3 Å². The van der Waals surface area contributed by atoms with Crippen molar-refractivity contribution >= 4 is 11.7 Å². The number of hydrogen-bond donors (Lipinski definition) is 1. The summed E-state index contributed by atoms with van der Waals surface area (Å²) in [6.45, 7) is 5.40. The van der Waals surface area contributed by atoms with E-state index in [4.69, 9.17) is 5.11 Å². The topological polar surface area (TPSA) is 40.5 Å². The Bertz CT molecular complexity index is 426. The quantitative estimate of drug-likeness (QED) is 0.868. The van der Waals surface area contributed by atoms with Crippen LogP contribution >= 0.6 is 0 Å². The van der Waals surface area contributed by atoms with Crippen LogP contribution in [-0.2, 0) is 11.2 Å². The number of carbonyl (C=O) groups is 1. The first-order valence-electron chi connectivity index (χ1n) is 6.07. The molecule has 92 valence electrons. The third kappa shape index (κ3) is 2.43. The molecule has 0 saturated heterocycles. The number of carboxylic acids is 1. The number of fused-ring (bicyclic) bond motifs is 1. The molecule has 0 radical (unpaired) electrons. The van der Waals surface area contributed by atoms with E-state index in [2.05, 4.69) is 23.1 Å². The summed E-state index contributed by atoms with van der Waals surface area (Å²) in [5, 5.41) is 9.09. The highest BCUT2D eigenvalue weighted by Gasteiger charge is 2.28. The van der Waals surface area contributed by atoms with Gasteiger partial charge in [-0.25, -0.2) is 0 Å². The lowest BCUT2D eigenvalue weighted by Gasteiger charge is -2.25. The van der Waals surface area contributed by atoms with Crippen molar-refractivity contribution in [3.63, 3.8) is 0 Å². The molecular formula is C14H19NO2. The zero-order valence-corrected chi connectivity index (χ0v) is 10.4. The minimum Gasteiger partial charge on any atom is -0.481 e. The number of anilines is 1. The Morgan fingerprint density at radius 1 is 1.41 bits per heavy atom. The van der Waals surface area contributed by atoms with E-state index in [9.17, 15) is 4.79 Å². The predicted molar refractivity (Wildman–Crippen MR) is 68.4 cm³/mol. The van der Waals surface area contributed by atoms with Gasteiger partial charge in [0.25, 0.3) is 0 Å². The van der Waals surface area contributed by atoms with E-state index < -0.39 is 11.4 Å². The van der Waals surface area contributed by atoms with Gasteiger partial charge in [-0.15, -0.1) is 0 Å². The molecule has 3 nitrogen and oxygen atoms in total. The number of aliphatic carboxylic acids is 1. The molecule has 1 aromatic carbocycles. The van der Waals surface area contributed by atoms with Crippen molar-refractivity contribution in [2.75, 3.05) is 18.0 Å². The van der Waals surface area contributed by atoms with Gasteiger partial charge >= 0.3 is 5.97 Å². The molecule has 0 aliphatic carbocycles. The molecule has 1 aromatic rings. The Labute approximate surface area is 102 Å². The molecule has 0 fully saturated rings. The Hall–Kier alpha value is -1.51. The zero-order chi connectivity index (χ0) is 12.5. The largest absolute Gasteiger partial charge is 0.481 e. The first kappa shape index (κ1) is 12.0. The molecule has 1 aliphatic rings. The van der Waals surface area contributed by atoms with E-state index in [0.717, 1.165) is 19.5 Å². The van der Waals surface area contributed by atoms with Crippen LogP contribution in [0.1, 0.15) is 25.8 Å². The number of rotatable bonds is 4. The highest BCUT2D eigenvalue weighted by molar-refractivity contribution is 5.73. The van der Waals surface area contributed by atoms with Crippen LogP contribution in [0.25, 0.3) is 0 Å². The molecular weight excluding hydrogens is 214 g/mol.